The first-order chi connectivity index (χ1) is 12.1. The van der Waals surface area contributed by atoms with Gasteiger partial charge in [-0.05, 0) is 36.4 Å². The van der Waals surface area contributed by atoms with Crippen LogP contribution in [0.5, 0.6) is 11.5 Å². The minimum absolute atomic E-state index is 0.333. The zero-order valence-corrected chi connectivity index (χ0v) is 14.2. The molecule has 1 amide bonds. The number of hydrogen-bond donors (Lipinski definition) is 1. The molecule has 0 radical (unpaired) electrons. The van der Waals surface area contributed by atoms with Crippen LogP contribution in [0.1, 0.15) is 15.9 Å². The fraction of sp³-hybridized carbons (Fsp3) is 0.158. The fourth-order valence-corrected chi connectivity index (χ4v) is 2.15. The van der Waals surface area contributed by atoms with Gasteiger partial charge >= 0.3 is 5.97 Å². The lowest BCUT2D eigenvalue weighted by atomic mass is 10.1. The van der Waals surface area contributed by atoms with E-state index in [9.17, 15) is 9.59 Å². The molecule has 0 saturated carbocycles. The molecule has 6 heteroatoms. The highest BCUT2D eigenvalue weighted by Crippen LogP contribution is 2.25. The Morgan fingerprint density at radius 3 is 2.48 bits per heavy atom. The maximum Gasteiger partial charge on any atom is 0.337 e. The summed E-state index contributed by atoms with van der Waals surface area (Å²) >= 11 is 0. The number of carbonyl (C=O) groups excluding carboxylic acids is 2. The number of benzene rings is 2. The summed E-state index contributed by atoms with van der Waals surface area (Å²) in [7, 11) is 4.42. The summed E-state index contributed by atoms with van der Waals surface area (Å²) in [6, 6.07) is 11.8. The van der Waals surface area contributed by atoms with Gasteiger partial charge in [-0.25, -0.2) is 4.79 Å². The first-order valence-corrected chi connectivity index (χ1v) is 7.47. The highest BCUT2D eigenvalue weighted by Gasteiger charge is 2.07. The minimum Gasteiger partial charge on any atom is -0.497 e. The summed E-state index contributed by atoms with van der Waals surface area (Å²) in [5, 5.41) is 2.69. The molecule has 25 heavy (non-hydrogen) atoms. The van der Waals surface area contributed by atoms with Gasteiger partial charge in [-0.2, -0.15) is 0 Å². The van der Waals surface area contributed by atoms with Crippen LogP contribution in [0.3, 0.4) is 0 Å². The molecule has 0 aliphatic heterocycles. The maximum absolute atomic E-state index is 12.1. The molecular weight excluding hydrogens is 322 g/mol. The number of ether oxygens (including phenoxy) is 3. The summed E-state index contributed by atoms with van der Waals surface area (Å²) in [6.07, 6.45) is 3.02. The molecule has 2 aromatic rings. The summed E-state index contributed by atoms with van der Waals surface area (Å²) in [4.78, 5) is 23.6. The molecule has 0 atom stereocenters. The Morgan fingerprint density at radius 1 is 1.00 bits per heavy atom. The summed E-state index contributed by atoms with van der Waals surface area (Å²) in [6.45, 7) is 0. The van der Waals surface area contributed by atoms with Crippen LogP contribution in [0.4, 0.5) is 5.69 Å². The maximum atomic E-state index is 12.1. The van der Waals surface area contributed by atoms with Crippen molar-refractivity contribution in [3.05, 3.63) is 59.7 Å². The van der Waals surface area contributed by atoms with Crippen molar-refractivity contribution >= 4 is 23.6 Å². The van der Waals surface area contributed by atoms with Crippen LogP contribution >= 0.6 is 0 Å². The lowest BCUT2D eigenvalue weighted by Gasteiger charge is -2.07. The van der Waals surface area contributed by atoms with Gasteiger partial charge in [0.1, 0.15) is 11.5 Å². The van der Waals surface area contributed by atoms with E-state index in [1.807, 2.05) is 0 Å². The molecule has 0 aliphatic rings. The molecule has 1 N–H and O–H groups in total. The molecule has 0 fully saturated rings. The summed E-state index contributed by atoms with van der Waals surface area (Å²) < 4.78 is 15.1. The van der Waals surface area contributed by atoms with Crippen molar-refractivity contribution in [1.29, 1.82) is 0 Å². The van der Waals surface area contributed by atoms with Crippen LogP contribution in [0.15, 0.2) is 48.5 Å². The second kappa shape index (κ2) is 8.54. The van der Waals surface area contributed by atoms with E-state index in [0.717, 1.165) is 5.56 Å². The molecule has 130 valence electrons. The zero-order valence-electron chi connectivity index (χ0n) is 14.2. The smallest absolute Gasteiger partial charge is 0.337 e. The van der Waals surface area contributed by atoms with Gasteiger partial charge in [0.05, 0.1) is 26.9 Å². The van der Waals surface area contributed by atoms with Crippen molar-refractivity contribution in [3.8, 4) is 11.5 Å². The second-order valence-corrected chi connectivity index (χ2v) is 5.00. The zero-order chi connectivity index (χ0) is 18.2. The Bertz CT molecular complexity index is 798. The van der Waals surface area contributed by atoms with Gasteiger partial charge < -0.3 is 19.5 Å². The number of nitrogens with one attached hydrogen (secondary N) is 1. The lowest BCUT2D eigenvalue weighted by Crippen LogP contribution is -2.09. The van der Waals surface area contributed by atoms with Gasteiger partial charge in [-0.1, -0.05) is 6.07 Å². The number of hydrogen-bond acceptors (Lipinski definition) is 5. The average molecular weight is 341 g/mol. The van der Waals surface area contributed by atoms with E-state index in [-0.39, 0.29) is 5.91 Å². The SMILES string of the molecule is COC(=O)c1cccc(NC(=O)C=Cc2ccc(OC)cc2OC)c1. The summed E-state index contributed by atoms with van der Waals surface area (Å²) in [5.41, 5.74) is 1.60. The van der Waals surface area contributed by atoms with E-state index >= 15 is 0 Å². The van der Waals surface area contributed by atoms with Crippen LogP contribution in [0.2, 0.25) is 0 Å². The van der Waals surface area contributed by atoms with E-state index in [1.165, 1.54) is 13.2 Å². The molecule has 2 aromatic carbocycles. The van der Waals surface area contributed by atoms with Crippen molar-refractivity contribution in [1.82, 2.24) is 0 Å². The molecule has 0 unspecified atom stereocenters. The molecule has 0 aliphatic carbocycles. The van der Waals surface area contributed by atoms with Crippen LogP contribution in [-0.2, 0) is 9.53 Å². The first-order valence-electron chi connectivity index (χ1n) is 7.47. The molecule has 0 aromatic heterocycles. The predicted octanol–water partition coefficient (Wildman–Crippen LogP) is 3.14. The van der Waals surface area contributed by atoms with Crippen LogP contribution in [-0.4, -0.2) is 33.2 Å². The fourth-order valence-electron chi connectivity index (χ4n) is 2.15. The summed E-state index contributed by atoms with van der Waals surface area (Å²) in [5.74, 6) is 0.462. The molecule has 0 spiro atoms. The van der Waals surface area contributed by atoms with E-state index < -0.39 is 5.97 Å². The Kier molecular flexibility index (Phi) is 6.17. The Labute approximate surface area is 146 Å². The Hall–Kier alpha value is -3.28. The molecule has 0 heterocycles. The van der Waals surface area contributed by atoms with Crippen molar-refractivity contribution < 1.29 is 23.8 Å². The largest absolute Gasteiger partial charge is 0.497 e. The highest BCUT2D eigenvalue weighted by molar-refractivity contribution is 6.02. The van der Waals surface area contributed by atoms with Crippen molar-refractivity contribution in [2.45, 2.75) is 0 Å². The van der Waals surface area contributed by atoms with Gasteiger partial charge in [0, 0.05) is 23.4 Å². The van der Waals surface area contributed by atoms with Gasteiger partial charge in [0.25, 0.3) is 0 Å². The normalized spacial score (nSPS) is 10.4. The Morgan fingerprint density at radius 2 is 1.80 bits per heavy atom. The van der Waals surface area contributed by atoms with Gasteiger partial charge in [0.15, 0.2) is 0 Å². The molecule has 0 saturated heterocycles. The quantitative estimate of drug-likeness (QED) is 0.645. The van der Waals surface area contributed by atoms with Crippen LogP contribution in [0.25, 0.3) is 6.08 Å². The van der Waals surface area contributed by atoms with Crippen molar-refractivity contribution in [2.24, 2.45) is 0 Å². The van der Waals surface area contributed by atoms with E-state index in [2.05, 4.69) is 10.1 Å². The number of amides is 1. The van der Waals surface area contributed by atoms with Gasteiger partial charge in [-0.15, -0.1) is 0 Å². The monoisotopic (exact) mass is 341 g/mol. The van der Waals surface area contributed by atoms with Gasteiger partial charge in [-0.3, -0.25) is 4.79 Å². The number of rotatable bonds is 6. The highest BCUT2D eigenvalue weighted by atomic mass is 16.5. The lowest BCUT2D eigenvalue weighted by molar-refractivity contribution is -0.111. The predicted molar refractivity (Wildman–Crippen MR) is 95.0 cm³/mol. The third-order valence-electron chi connectivity index (χ3n) is 3.41. The van der Waals surface area contributed by atoms with E-state index in [1.54, 1.807) is 62.8 Å². The van der Waals surface area contributed by atoms with Crippen molar-refractivity contribution in [3.63, 3.8) is 0 Å². The third-order valence-corrected chi connectivity index (χ3v) is 3.41. The number of anilines is 1. The van der Waals surface area contributed by atoms with E-state index in [4.69, 9.17) is 9.47 Å². The molecule has 2 rings (SSSR count). The molecular formula is C19H19NO5. The first kappa shape index (κ1) is 18.1. The third kappa shape index (κ3) is 4.84. The van der Waals surface area contributed by atoms with E-state index in [0.29, 0.717) is 22.7 Å². The van der Waals surface area contributed by atoms with Crippen LogP contribution < -0.4 is 14.8 Å². The number of esters is 1. The standard InChI is InChI=1S/C19H19NO5/c1-23-16-9-7-13(17(12-16)24-2)8-10-18(21)20-15-6-4-5-14(11-15)19(22)25-3/h4-12H,1-3H3,(H,20,21). The number of carbonyl (C=O) groups is 2. The second-order valence-electron chi connectivity index (χ2n) is 5.00. The van der Waals surface area contributed by atoms with Crippen LogP contribution in [0, 0.1) is 0 Å². The number of methoxy groups -OCH3 is 3. The van der Waals surface area contributed by atoms with Crippen molar-refractivity contribution in [2.75, 3.05) is 26.6 Å². The minimum atomic E-state index is -0.463. The topological polar surface area (TPSA) is 73.9 Å². The van der Waals surface area contributed by atoms with Gasteiger partial charge in [0.2, 0.25) is 5.91 Å². The molecule has 0 bridgehead atoms. The average Bonchev–Trinajstić information content (AvgIpc) is 2.65. The molecule has 6 nitrogen and oxygen atoms in total. The Balaban J connectivity index is 2.10.